The number of unbranched alkanes of at least 4 members (excludes halogenated alkanes) is 1. The molecule has 0 N–H and O–H groups in total. The lowest BCUT2D eigenvalue weighted by Crippen LogP contribution is -2.05. The summed E-state index contributed by atoms with van der Waals surface area (Å²) in [5.41, 5.74) is 12.4. The van der Waals surface area contributed by atoms with Gasteiger partial charge in [-0.1, -0.05) is 60.9 Å². The average molecular weight is 474 g/mol. The first-order valence-electron chi connectivity index (χ1n) is 11.2. The molecule has 0 saturated carbocycles. The van der Waals surface area contributed by atoms with Crippen molar-refractivity contribution in [3.05, 3.63) is 93.5 Å². The van der Waals surface area contributed by atoms with E-state index in [1.807, 2.05) is 47.2 Å². The Morgan fingerprint density at radius 1 is 1.11 bits per heavy atom. The van der Waals surface area contributed by atoms with Gasteiger partial charge in [-0.05, 0) is 40.8 Å². The number of nitrogens with zero attached hydrogens (tertiary/aromatic N) is 5. The molecule has 2 aromatic carbocycles. The van der Waals surface area contributed by atoms with Crippen LogP contribution in [0.25, 0.3) is 27.6 Å². The highest BCUT2D eigenvalue weighted by Crippen LogP contribution is 2.25. The molecule has 1 heterocycles. The highest BCUT2D eigenvalue weighted by atomic mass is 16.5. The van der Waals surface area contributed by atoms with Crippen molar-refractivity contribution >= 4 is 18.0 Å². The normalized spacial score (nSPS) is 11.0. The van der Waals surface area contributed by atoms with Gasteiger partial charge >= 0.3 is 11.9 Å². The third-order valence-electron chi connectivity index (χ3n) is 5.41. The van der Waals surface area contributed by atoms with E-state index in [2.05, 4.69) is 26.7 Å². The summed E-state index contributed by atoms with van der Waals surface area (Å²) in [6, 6.07) is 15.3. The second-order valence-corrected chi connectivity index (χ2v) is 7.76. The van der Waals surface area contributed by atoms with Crippen molar-refractivity contribution in [1.82, 2.24) is 9.55 Å². The maximum Gasteiger partial charge on any atom is 0.340 e. The maximum atomic E-state index is 12.1. The zero-order chi connectivity index (χ0) is 25.2. The fourth-order valence-corrected chi connectivity index (χ4v) is 3.65. The van der Waals surface area contributed by atoms with E-state index in [1.165, 1.54) is 20.3 Å². The van der Waals surface area contributed by atoms with Crippen LogP contribution >= 0.6 is 0 Å². The number of ether oxygens (including phenoxy) is 2. The highest BCUT2D eigenvalue weighted by Gasteiger charge is 2.14. The largest absolute Gasteiger partial charge is 0.466 e. The number of carbonyl (C=O) groups is 2. The van der Waals surface area contributed by atoms with Crippen LogP contribution in [0.2, 0.25) is 0 Å². The zero-order valence-corrected chi connectivity index (χ0v) is 20.0. The summed E-state index contributed by atoms with van der Waals surface area (Å²) in [7, 11) is 2.59. The summed E-state index contributed by atoms with van der Waals surface area (Å²) in [5.74, 6) is -0.241. The van der Waals surface area contributed by atoms with Crippen molar-refractivity contribution in [1.29, 1.82) is 0 Å². The number of benzene rings is 2. The molecule has 0 atom stereocenters. The van der Waals surface area contributed by atoms with Crippen molar-refractivity contribution in [3.8, 4) is 11.1 Å². The number of azide groups is 1. The first kappa shape index (κ1) is 25.3. The first-order chi connectivity index (χ1) is 17.0. The molecular formula is C26H27N5O4. The van der Waals surface area contributed by atoms with Crippen LogP contribution in [0, 0.1) is 0 Å². The van der Waals surface area contributed by atoms with Gasteiger partial charge in [0.25, 0.3) is 0 Å². The van der Waals surface area contributed by atoms with E-state index in [0.29, 0.717) is 17.8 Å². The number of aromatic nitrogens is 2. The molecule has 0 aliphatic rings. The van der Waals surface area contributed by atoms with Gasteiger partial charge in [0, 0.05) is 24.1 Å². The molecule has 35 heavy (non-hydrogen) atoms. The lowest BCUT2D eigenvalue weighted by Gasteiger charge is -2.10. The van der Waals surface area contributed by atoms with Crippen LogP contribution in [-0.4, -0.2) is 35.7 Å². The Morgan fingerprint density at radius 2 is 1.86 bits per heavy atom. The van der Waals surface area contributed by atoms with Crippen LogP contribution in [0.5, 0.6) is 0 Å². The smallest absolute Gasteiger partial charge is 0.340 e. The minimum atomic E-state index is -0.727. The Hall–Kier alpha value is -4.36. The third-order valence-corrected chi connectivity index (χ3v) is 5.41. The fourth-order valence-electron chi connectivity index (χ4n) is 3.65. The molecule has 0 bridgehead atoms. The SMILES string of the molecule is CCCCc1nc(/C=C(/N=[N+]=[N-])C(=O)OC)cn1Cc1ccc(-c2ccccc2C(=O)OC)cc1. The Morgan fingerprint density at radius 3 is 2.51 bits per heavy atom. The molecular weight excluding hydrogens is 446 g/mol. The van der Waals surface area contributed by atoms with Crippen molar-refractivity contribution in [3.63, 3.8) is 0 Å². The standard InChI is InChI=1S/C26H27N5O4/c1-4-5-10-24-28-20(15-23(29-30-27)26(33)35-3)17-31(24)16-18-11-13-19(14-12-18)21-8-6-7-9-22(21)25(32)34-2/h6-9,11-15,17H,4-5,10,16H2,1-3H3/b23-15+. The molecule has 0 amide bonds. The van der Waals surface area contributed by atoms with Gasteiger partial charge in [0.05, 0.1) is 25.5 Å². The van der Waals surface area contributed by atoms with Crippen LogP contribution in [0.15, 0.2) is 65.5 Å². The van der Waals surface area contributed by atoms with Crippen LogP contribution in [-0.2, 0) is 27.2 Å². The Kier molecular flexibility index (Phi) is 8.81. The topological polar surface area (TPSA) is 119 Å². The number of imidazole rings is 1. The molecule has 3 rings (SSSR count). The summed E-state index contributed by atoms with van der Waals surface area (Å²) in [6.45, 7) is 2.67. The highest BCUT2D eigenvalue weighted by molar-refractivity contribution is 5.97. The Bertz CT molecular complexity index is 1270. The molecule has 0 unspecified atom stereocenters. The van der Waals surface area contributed by atoms with Crippen molar-refractivity contribution in [2.45, 2.75) is 32.7 Å². The van der Waals surface area contributed by atoms with E-state index in [9.17, 15) is 9.59 Å². The minimum absolute atomic E-state index is 0.157. The predicted molar refractivity (Wildman–Crippen MR) is 132 cm³/mol. The molecule has 0 radical (unpaired) electrons. The molecule has 9 heteroatoms. The molecule has 0 spiro atoms. The minimum Gasteiger partial charge on any atom is -0.466 e. The summed E-state index contributed by atoms with van der Waals surface area (Å²) in [4.78, 5) is 31.3. The number of carbonyl (C=O) groups excluding carboxylic acids is 2. The summed E-state index contributed by atoms with van der Waals surface area (Å²) >= 11 is 0. The Balaban J connectivity index is 1.90. The van der Waals surface area contributed by atoms with E-state index < -0.39 is 5.97 Å². The monoisotopic (exact) mass is 473 g/mol. The van der Waals surface area contributed by atoms with E-state index in [1.54, 1.807) is 12.1 Å². The van der Waals surface area contributed by atoms with Crippen LogP contribution in [0.4, 0.5) is 0 Å². The first-order valence-corrected chi connectivity index (χ1v) is 11.2. The lowest BCUT2D eigenvalue weighted by molar-refractivity contribution is -0.136. The lowest BCUT2D eigenvalue weighted by atomic mass is 9.98. The average Bonchev–Trinajstić information content (AvgIpc) is 3.27. The number of rotatable bonds is 10. The van der Waals surface area contributed by atoms with Crippen molar-refractivity contribution in [2.24, 2.45) is 5.11 Å². The second kappa shape index (κ2) is 12.2. The van der Waals surface area contributed by atoms with Crippen LogP contribution in [0.3, 0.4) is 0 Å². The van der Waals surface area contributed by atoms with E-state index >= 15 is 0 Å². The van der Waals surface area contributed by atoms with Crippen LogP contribution < -0.4 is 0 Å². The molecule has 180 valence electrons. The van der Waals surface area contributed by atoms with Crippen molar-refractivity contribution in [2.75, 3.05) is 14.2 Å². The molecule has 0 saturated heterocycles. The van der Waals surface area contributed by atoms with Gasteiger partial charge in [-0.2, -0.15) is 0 Å². The van der Waals surface area contributed by atoms with Crippen molar-refractivity contribution < 1.29 is 19.1 Å². The number of esters is 2. The predicted octanol–water partition coefficient (Wildman–Crippen LogP) is 5.55. The quantitative estimate of drug-likeness (QED) is 0.126. The summed E-state index contributed by atoms with van der Waals surface area (Å²) in [6.07, 6.45) is 5.98. The van der Waals surface area contributed by atoms with E-state index in [4.69, 9.17) is 10.3 Å². The molecule has 1 aromatic heterocycles. The molecule has 0 aliphatic heterocycles. The number of hydrogen-bond acceptors (Lipinski definition) is 6. The second-order valence-electron chi connectivity index (χ2n) is 7.76. The third kappa shape index (κ3) is 6.37. The van der Waals surface area contributed by atoms with Crippen LogP contribution in [0.1, 0.15) is 47.2 Å². The van der Waals surface area contributed by atoms with E-state index in [-0.39, 0.29) is 11.7 Å². The van der Waals surface area contributed by atoms with Gasteiger partial charge in [-0.15, -0.1) is 0 Å². The van der Waals surface area contributed by atoms with Gasteiger partial charge in [-0.25, -0.2) is 14.6 Å². The summed E-state index contributed by atoms with van der Waals surface area (Å²) < 4.78 is 11.6. The van der Waals surface area contributed by atoms with Gasteiger partial charge in [0.1, 0.15) is 11.5 Å². The molecule has 0 aliphatic carbocycles. The van der Waals surface area contributed by atoms with E-state index in [0.717, 1.165) is 41.8 Å². The molecule has 3 aromatic rings. The fraction of sp³-hybridized carbons (Fsp3) is 0.269. The van der Waals surface area contributed by atoms with Gasteiger partial charge in [-0.3, -0.25) is 0 Å². The molecule has 9 nitrogen and oxygen atoms in total. The van der Waals surface area contributed by atoms with Gasteiger partial charge in [0.2, 0.25) is 0 Å². The van der Waals surface area contributed by atoms with Gasteiger partial charge in [0.15, 0.2) is 0 Å². The zero-order valence-electron chi connectivity index (χ0n) is 20.0. The van der Waals surface area contributed by atoms with Gasteiger partial charge < -0.3 is 14.0 Å². The maximum absolute atomic E-state index is 12.1. The molecule has 0 fully saturated rings. The number of aryl methyl sites for hydroxylation is 1. The summed E-state index contributed by atoms with van der Waals surface area (Å²) in [5, 5.41) is 3.42. The Labute approximate surface area is 203 Å². The number of methoxy groups -OCH3 is 2. The number of hydrogen-bond donors (Lipinski definition) is 0.